The van der Waals surface area contributed by atoms with E-state index in [9.17, 15) is 29.1 Å². The highest BCUT2D eigenvalue weighted by molar-refractivity contribution is 6.23. The van der Waals surface area contributed by atoms with Crippen LogP contribution in [-0.2, 0) is 19.2 Å². The molecule has 1 N–H and O–H groups in total. The maximum absolute atomic E-state index is 13.5. The standard InChI is InChI=1S/C32H36N2O6/c1-6-32(5,7-2)34-30(39)23-15-21-22(16-24(23)31(34)40)29(38)33(28(21)37)20-11-8-18(9-12-20)27(36)25-14-19(17(3)4)10-13-26(25)35/h8-14,17,21-24,35H,6-7,15-16H2,1-5H3. The molecular weight excluding hydrogens is 508 g/mol. The first kappa shape index (κ1) is 27.7. The van der Waals surface area contributed by atoms with Crippen LogP contribution in [0, 0.1) is 23.7 Å². The van der Waals surface area contributed by atoms with Gasteiger partial charge in [-0.3, -0.25) is 33.8 Å². The lowest BCUT2D eigenvalue weighted by atomic mass is 9.70. The van der Waals surface area contributed by atoms with Crippen LogP contribution in [0.4, 0.5) is 5.69 Å². The minimum Gasteiger partial charge on any atom is -0.507 e. The smallest absolute Gasteiger partial charge is 0.237 e. The van der Waals surface area contributed by atoms with E-state index in [1.54, 1.807) is 24.3 Å². The molecule has 4 atom stereocenters. The molecule has 8 nitrogen and oxygen atoms in total. The summed E-state index contributed by atoms with van der Waals surface area (Å²) in [5.41, 5.74) is 1.20. The molecule has 3 aliphatic rings. The molecule has 0 aromatic heterocycles. The van der Waals surface area contributed by atoms with E-state index in [4.69, 9.17) is 0 Å². The van der Waals surface area contributed by atoms with Crippen molar-refractivity contribution in [3.8, 4) is 5.75 Å². The lowest BCUT2D eigenvalue weighted by Gasteiger charge is -2.36. The van der Waals surface area contributed by atoms with Gasteiger partial charge in [-0.2, -0.15) is 0 Å². The van der Waals surface area contributed by atoms with Gasteiger partial charge in [0.05, 0.1) is 34.9 Å². The predicted octanol–water partition coefficient (Wildman–Crippen LogP) is 4.83. The van der Waals surface area contributed by atoms with Gasteiger partial charge in [0.15, 0.2) is 5.78 Å². The molecule has 8 heteroatoms. The molecule has 2 aromatic carbocycles. The number of benzene rings is 2. The van der Waals surface area contributed by atoms with Gasteiger partial charge < -0.3 is 5.11 Å². The number of phenolic OH excluding ortho intramolecular Hbond substituents is 1. The quantitative estimate of drug-likeness (QED) is 0.395. The van der Waals surface area contributed by atoms with Gasteiger partial charge in [0, 0.05) is 11.1 Å². The van der Waals surface area contributed by atoms with E-state index < -0.39 is 29.2 Å². The predicted molar refractivity (Wildman–Crippen MR) is 149 cm³/mol. The molecule has 3 fully saturated rings. The first-order valence-corrected chi connectivity index (χ1v) is 14.2. The molecule has 2 heterocycles. The van der Waals surface area contributed by atoms with Crippen LogP contribution in [0.25, 0.3) is 0 Å². The van der Waals surface area contributed by atoms with E-state index in [2.05, 4.69) is 0 Å². The van der Waals surface area contributed by atoms with E-state index in [1.807, 2.05) is 34.6 Å². The number of rotatable bonds is 7. The van der Waals surface area contributed by atoms with Crippen molar-refractivity contribution in [2.75, 3.05) is 4.90 Å². The summed E-state index contributed by atoms with van der Waals surface area (Å²) in [7, 11) is 0. The molecule has 0 bridgehead atoms. The van der Waals surface area contributed by atoms with Gasteiger partial charge in [-0.1, -0.05) is 33.8 Å². The lowest BCUT2D eigenvalue weighted by Crippen LogP contribution is -2.49. The highest BCUT2D eigenvalue weighted by Gasteiger charge is 2.61. The average molecular weight is 545 g/mol. The molecule has 1 saturated carbocycles. The van der Waals surface area contributed by atoms with Gasteiger partial charge in [-0.15, -0.1) is 0 Å². The van der Waals surface area contributed by atoms with E-state index in [-0.39, 0.29) is 59.5 Å². The van der Waals surface area contributed by atoms with Crippen LogP contribution in [0.5, 0.6) is 5.75 Å². The highest BCUT2D eigenvalue weighted by Crippen LogP contribution is 2.50. The molecule has 2 aromatic rings. The molecule has 0 radical (unpaired) electrons. The number of ketones is 1. The fourth-order valence-electron chi connectivity index (χ4n) is 6.54. The second-order valence-corrected chi connectivity index (χ2v) is 11.9. The minimum absolute atomic E-state index is 0.112. The molecule has 4 unspecified atom stereocenters. The second kappa shape index (κ2) is 9.98. The van der Waals surface area contributed by atoms with Gasteiger partial charge in [0.25, 0.3) is 0 Å². The molecule has 4 amide bonds. The summed E-state index contributed by atoms with van der Waals surface area (Å²) in [6.45, 7) is 9.82. The average Bonchev–Trinajstić information content (AvgIpc) is 3.35. The van der Waals surface area contributed by atoms with Crippen LogP contribution < -0.4 is 4.90 Å². The summed E-state index contributed by atoms with van der Waals surface area (Å²) in [4.78, 5) is 69.5. The Balaban J connectivity index is 1.37. The maximum Gasteiger partial charge on any atom is 0.237 e. The summed E-state index contributed by atoms with van der Waals surface area (Å²) < 4.78 is 0. The van der Waals surface area contributed by atoms with Crippen LogP contribution in [0.3, 0.4) is 0 Å². The van der Waals surface area contributed by atoms with Gasteiger partial charge in [0.2, 0.25) is 23.6 Å². The number of nitrogens with zero attached hydrogens (tertiary/aromatic N) is 2. The second-order valence-electron chi connectivity index (χ2n) is 11.9. The minimum atomic E-state index is -0.656. The summed E-state index contributed by atoms with van der Waals surface area (Å²) in [6, 6.07) is 11.2. The summed E-state index contributed by atoms with van der Waals surface area (Å²) in [6.07, 6.45) is 1.65. The summed E-state index contributed by atoms with van der Waals surface area (Å²) >= 11 is 0. The third-order valence-electron chi connectivity index (χ3n) is 9.52. The Morgan fingerprint density at radius 1 is 0.850 bits per heavy atom. The zero-order valence-corrected chi connectivity index (χ0v) is 23.6. The Morgan fingerprint density at radius 3 is 1.82 bits per heavy atom. The van der Waals surface area contributed by atoms with Crippen molar-refractivity contribution >= 4 is 35.1 Å². The molecule has 1 aliphatic carbocycles. The van der Waals surface area contributed by atoms with E-state index >= 15 is 0 Å². The molecule has 0 spiro atoms. The van der Waals surface area contributed by atoms with Crippen LogP contribution in [0.15, 0.2) is 42.5 Å². The number of amides is 4. The largest absolute Gasteiger partial charge is 0.507 e. The number of phenols is 1. The van der Waals surface area contributed by atoms with E-state index in [0.717, 1.165) is 10.5 Å². The first-order chi connectivity index (χ1) is 18.9. The Kier molecular flexibility index (Phi) is 6.92. The number of aromatic hydroxyl groups is 1. The van der Waals surface area contributed by atoms with Crippen LogP contribution >= 0.6 is 0 Å². The number of anilines is 1. The van der Waals surface area contributed by atoms with Crippen LogP contribution in [0.1, 0.15) is 87.7 Å². The SMILES string of the molecule is CCC(C)(CC)N1C(=O)C2CC3C(=O)N(c4ccc(C(=O)c5cc(C(C)C)ccc5O)cc4)C(=O)C3CC2C1=O. The number of carbonyl (C=O) groups excluding carboxylic acids is 5. The summed E-state index contributed by atoms with van der Waals surface area (Å²) in [5.74, 6) is -3.98. The fraction of sp³-hybridized carbons (Fsp3) is 0.469. The zero-order chi connectivity index (χ0) is 29.1. The van der Waals surface area contributed by atoms with E-state index in [0.29, 0.717) is 24.1 Å². The Labute approximate surface area is 234 Å². The molecule has 210 valence electrons. The normalized spacial score (nSPS) is 24.6. The molecular formula is C32H36N2O6. The van der Waals surface area contributed by atoms with Crippen molar-refractivity contribution in [1.29, 1.82) is 0 Å². The fourth-order valence-corrected chi connectivity index (χ4v) is 6.54. The monoisotopic (exact) mass is 544 g/mol. The van der Waals surface area contributed by atoms with E-state index in [1.165, 1.54) is 23.1 Å². The van der Waals surface area contributed by atoms with Crippen molar-refractivity contribution in [3.05, 3.63) is 59.2 Å². The first-order valence-electron chi connectivity index (χ1n) is 14.2. The van der Waals surface area contributed by atoms with Crippen molar-refractivity contribution in [3.63, 3.8) is 0 Å². The Morgan fingerprint density at radius 2 is 1.35 bits per heavy atom. The number of hydrogen-bond donors (Lipinski definition) is 1. The number of likely N-dealkylation sites (tertiary alicyclic amines) is 1. The molecule has 2 saturated heterocycles. The number of fused-ring (bicyclic) bond motifs is 2. The van der Waals surface area contributed by atoms with Crippen molar-refractivity contribution in [2.45, 2.75) is 71.8 Å². The third kappa shape index (κ3) is 4.16. The third-order valence-corrected chi connectivity index (χ3v) is 9.52. The number of imide groups is 2. The van der Waals surface area contributed by atoms with Gasteiger partial charge >= 0.3 is 0 Å². The van der Waals surface area contributed by atoms with Crippen molar-refractivity contribution < 1.29 is 29.1 Å². The van der Waals surface area contributed by atoms with Crippen LogP contribution in [0.2, 0.25) is 0 Å². The number of hydrogen-bond acceptors (Lipinski definition) is 6. The number of carbonyl (C=O) groups is 5. The molecule has 40 heavy (non-hydrogen) atoms. The van der Waals surface area contributed by atoms with Gasteiger partial charge in [-0.25, -0.2) is 0 Å². The maximum atomic E-state index is 13.5. The Hall–Kier alpha value is -3.81. The Bertz CT molecular complexity index is 1360. The molecule has 2 aliphatic heterocycles. The molecule has 5 rings (SSSR count). The highest BCUT2D eigenvalue weighted by atomic mass is 16.3. The van der Waals surface area contributed by atoms with Crippen molar-refractivity contribution in [2.24, 2.45) is 23.7 Å². The van der Waals surface area contributed by atoms with Gasteiger partial charge in [-0.05, 0) is 80.5 Å². The van der Waals surface area contributed by atoms with Crippen LogP contribution in [-0.4, -0.2) is 45.0 Å². The van der Waals surface area contributed by atoms with Gasteiger partial charge in [0.1, 0.15) is 5.75 Å². The zero-order valence-electron chi connectivity index (χ0n) is 23.6. The topological polar surface area (TPSA) is 112 Å². The van der Waals surface area contributed by atoms with Crippen molar-refractivity contribution in [1.82, 2.24) is 4.90 Å². The lowest BCUT2D eigenvalue weighted by molar-refractivity contribution is -0.147. The summed E-state index contributed by atoms with van der Waals surface area (Å²) in [5, 5.41) is 10.3.